The molecule has 142 valence electrons. The van der Waals surface area contributed by atoms with Gasteiger partial charge < -0.3 is 15.0 Å². The molecular weight excluding hydrogens is 340 g/mol. The second kappa shape index (κ2) is 9.33. The minimum Gasteiger partial charge on any atom is -0.375 e. The summed E-state index contributed by atoms with van der Waals surface area (Å²) in [5.74, 6) is -0.283. The SMILES string of the molecule is COCC(=O)NC1CCN(C(=O)C(c2ccccc2)c2ccccc2)CC1. The maximum Gasteiger partial charge on any atom is 0.246 e. The highest BCUT2D eigenvalue weighted by Crippen LogP contribution is 2.28. The number of carbonyl (C=O) groups is 2. The third kappa shape index (κ3) is 4.95. The van der Waals surface area contributed by atoms with Crippen LogP contribution in [-0.2, 0) is 14.3 Å². The number of amides is 2. The summed E-state index contributed by atoms with van der Waals surface area (Å²) >= 11 is 0. The van der Waals surface area contributed by atoms with Crippen LogP contribution in [-0.4, -0.2) is 49.6 Å². The molecule has 0 aromatic heterocycles. The van der Waals surface area contributed by atoms with Crippen molar-refractivity contribution in [3.8, 4) is 0 Å². The van der Waals surface area contributed by atoms with E-state index in [2.05, 4.69) is 5.32 Å². The molecule has 5 heteroatoms. The maximum atomic E-state index is 13.3. The molecule has 1 saturated heterocycles. The summed E-state index contributed by atoms with van der Waals surface area (Å²) in [6, 6.07) is 19.9. The molecule has 2 aromatic rings. The Morgan fingerprint density at radius 2 is 1.52 bits per heavy atom. The van der Waals surface area contributed by atoms with Crippen molar-refractivity contribution < 1.29 is 14.3 Å². The van der Waals surface area contributed by atoms with Crippen molar-refractivity contribution in [3.05, 3.63) is 71.8 Å². The Morgan fingerprint density at radius 3 is 2.00 bits per heavy atom. The predicted octanol–water partition coefficient (Wildman–Crippen LogP) is 2.57. The lowest BCUT2D eigenvalue weighted by atomic mass is 9.89. The third-order valence-corrected chi connectivity index (χ3v) is 4.96. The standard InChI is InChI=1S/C22H26N2O3/c1-27-16-20(25)23-19-12-14-24(15-13-19)22(26)21(17-8-4-2-5-9-17)18-10-6-3-7-11-18/h2-11,19,21H,12-16H2,1H3,(H,23,25). The van der Waals surface area contributed by atoms with E-state index in [1.54, 1.807) is 0 Å². The smallest absolute Gasteiger partial charge is 0.246 e. The Kier molecular flexibility index (Phi) is 6.60. The molecule has 0 aliphatic carbocycles. The van der Waals surface area contributed by atoms with Gasteiger partial charge >= 0.3 is 0 Å². The molecular formula is C22H26N2O3. The molecule has 1 aliphatic heterocycles. The highest BCUT2D eigenvalue weighted by molar-refractivity contribution is 5.87. The fourth-order valence-electron chi connectivity index (χ4n) is 3.60. The molecule has 1 aliphatic rings. The summed E-state index contributed by atoms with van der Waals surface area (Å²) in [6.45, 7) is 1.36. The number of benzene rings is 2. The molecule has 2 aromatic carbocycles. The molecule has 0 unspecified atom stereocenters. The molecule has 5 nitrogen and oxygen atoms in total. The minimum atomic E-state index is -0.299. The minimum absolute atomic E-state index is 0.0727. The van der Waals surface area contributed by atoms with Crippen LogP contribution in [0.4, 0.5) is 0 Å². The van der Waals surface area contributed by atoms with Gasteiger partial charge in [0.25, 0.3) is 0 Å². The molecule has 0 radical (unpaired) electrons. The zero-order valence-corrected chi connectivity index (χ0v) is 15.6. The molecule has 1 fully saturated rings. The maximum absolute atomic E-state index is 13.3. The fourth-order valence-corrected chi connectivity index (χ4v) is 3.60. The topological polar surface area (TPSA) is 58.6 Å². The van der Waals surface area contributed by atoms with Crippen molar-refractivity contribution in [2.45, 2.75) is 24.8 Å². The van der Waals surface area contributed by atoms with Crippen molar-refractivity contribution in [2.24, 2.45) is 0 Å². The van der Waals surface area contributed by atoms with Crippen molar-refractivity contribution in [3.63, 3.8) is 0 Å². The number of hydrogen-bond donors (Lipinski definition) is 1. The number of piperidine rings is 1. The molecule has 1 N–H and O–H groups in total. The van der Waals surface area contributed by atoms with Crippen molar-refractivity contribution >= 4 is 11.8 Å². The zero-order chi connectivity index (χ0) is 19.1. The van der Waals surface area contributed by atoms with E-state index in [9.17, 15) is 9.59 Å². The molecule has 1 heterocycles. The highest BCUT2D eigenvalue weighted by atomic mass is 16.5. The van der Waals surface area contributed by atoms with Gasteiger partial charge in [0.2, 0.25) is 11.8 Å². The average molecular weight is 366 g/mol. The summed E-state index contributed by atoms with van der Waals surface area (Å²) in [5.41, 5.74) is 2.01. The van der Waals surface area contributed by atoms with Crippen LogP contribution >= 0.6 is 0 Å². The number of rotatable bonds is 6. The molecule has 0 bridgehead atoms. The number of nitrogens with zero attached hydrogens (tertiary/aromatic N) is 1. The Balaban J connectivity index is 1.70. The Hall–Kier alpha value is -2.66. The predicted molar refractivity (Wildman–Crippen MR) is 104 cm³/mol. The van der Waals surface area contributed by atoms with E-state index in [-0.39, 0.29) is 30.4 Å². The van der Waals surface area contributed by atoms with Crippen LogP contribution in [0, 0.1) is 0 Å². The quantitative estimate of drug-likeness (QED) is 0.855. The highest BCUT2D eigenvalue weighted by Gasteiger charge is 2.30. The van der Waals surface area contributed by atoms with Crippen LogP contribution in [0.25, 0.3) is 0 Å². The van der Waals surface area contributed by atoms with Gasteiger partial charge in [-0.1, -0.05) is 60.7 Å². The van der Waals surface area contributed by atoms with Gasteiger partial charge in [-0.25, -0.2) is 0 Å². The van der Waals surface area contributed by atoms with Crippen LogP contribution in [0.15, 0.2) is 60.7 Å². The van der Waals surface area contributed by atoms with E-state index in [4.69, 9.17) is 4.74 Å². The second-order valence-electron chi connectivity index (χ2n) is 6.85. The Labute approximate surface area is 160 Å². The zero-order valence-electron chi connectivity index (χ0n) is 15.6. The summed E-state index contributed by atoms with van der Waals surface area (Å²) in [5, 5.41) is 2.97. The van der Waals surface area contributed by atoms with Crippen LogP contribution in [0.1, 0.15) is 29.9 Å². The normalized spacial score (nSPS) is 15.0. The van der Waals surface area contributed by atoms with E-state index in [0.29, 0.717) is 13.1 Å². The first-order valence-electron chi connectivity index (χ1n) is 9.36. The molecule has 0 saturated carbocycles. The van der Waals surface area contributed by atoms with Crippen LogP contribution < -0.4 is 5.32 Å². The summed E-state index contributed by atoms with van der Waals surface area (Å²) in [4.78, 5) is 27.0. The number of methoxy groups -OCH3 is 1. The number of likely N-dealkylation sites (tertiary alicyclic amines) is 1. The molecule has 2 amide bonds. The van der Waals surface area contributed by atoms with Gasteiger partial charge in [0, 0.05) is 26.2 Å². The summed E-state index contributed by atoms with van der Waals surface area (Å²) < 4.78 is 4.86. The van der Waals surface area contributed by atoms with Gasteiger partial charge in [-0.2, -0.15) is 0 Å². The molecule has 0 spiro atoms. The van der Waals surface area contributed by atoms with Gasteiger partial charge in [0.15, 0.2) is 0 Å². The van der Waals surface area contributed by atoms with Crippen LogP contribution in [0.3, 0.4) is 0 Å². The molecule has 27 heavy (non-hydrogen) atoms. The lowest BCUT2D eigenvalue weighted by Gasteiger charge is -2.34. The van der Waals surface area contributed by atoms with E-state index < -0.39 is 0 Å². The third-order valence-electron chi connectivity index (χ3n) is 4.96. The number of ether oxygens (including phenoxy) is 1. The van der Waals surface area contributed by atoms with Crippen molar-refractivity contribution in [1.82, 2.24) is 10.2 Å². The van der Waals surface area contributed by atoms with Crippen molar-refractivity contribution in [2.75, 3.05) is 26.8 Å². The van der Waals surface area contributed by atoms with E-state index in [1.165, 1.54) is 7.11 Å². The van der Waals surface area contributed by atoms with Gasteiger partial charge in [0.1, 0.15) is 6.61 Å². The molecule has 0 atom stereocenters. The van der Waals surface area contributed by atoms with Crippen LogP contribution in [0.5, 0.6) is 0 Å². The first-order valence-corrected chi connectivity index (χ1v) is 9.36. The van der Waals surface area contributed by atoms with E-state index >= 15 is 0 Å². The Morgan fingerprint density at radius 1 is 1.00 bits per heavy atom. The average Bonchev–Trinajstić information content (AvgIpc) is 2.70. The number of carbonyl (C=O) groups excluding carboxylic acids is 2. The number of nitrogens with one attached hydrogen (secondary N) is 1. The first kappa shape index (κ1) is 19.1. The van der Waals surface area contributed by atoms with Crippen LogP contribution in [0.2, 0.25) is 0 Å². The van der Waals surface area contributed by atoms with Crippen molar-refractivity contribution in [1.29, 1.82) is 0 Å². The van der Waals surface area contributed by atoms with E-state index in [0.717, 1.165) is 24.0 Å². The lowest BCUT2D eigenvalue weighted by Crippen LogP contribution is -2.48. The lowest BCUT2D eigenvalue weighted by molar-refractivity contribution is -0.133. The van der Waals surface area contributed by atoms with Gasteiger partial charge in [-0.05, 0) is 24.0 Å². The monoisotopic (exact) mass is 366 g/mol. The Bertz CT molecular complexity index is 701. The number of hydrogen-bond acceptors (Lipinski definition) is 3. The second-order valence-corrected chi connectivity index (χ2v) is 6.85. The van der Waals surface area contributed by atoms with Gasteiger partial charge in [-0.15, -0.1) is 0 Å². The first-order chi connectivity index (χ1) is 13.2. The summed E-state index contributed by atoms with van der Waals surface area (Å²) in [7, 11) is 1.51. The van der Waals surface area contributed by atoms with Gasteiger partial charge in [-0.3, -0.25) is 9.59 Å². The fraction of sp³-hybridized carbons (Fsp3) is 0.364. The molecule has 3 rings (SSSR count). The van der Waals surface area contributed by atoms with Gasteiger partial charge in [0.05, 0.1) is 5.92 Å². The van der Waals surface area contributed by atoms with E-state index in [1.807, 2.05) is 65.6 Å². The largest absolute Gasteiger partial charge is 0.375 e. The summed E-state index contributed by atoms with van der Waals surface area (Å²) in [6.07, 6.45) is 1.52.